The summed E-state index contributed by atoms with van der Waals surface area (Å²) in [5.74, 6) is 0.255. The molecule has 2 rings (SSSR count). The smallest absolute Gasteiger partial charge is 0.270 e. The lowest BCUT2D eigenvalue weighted by Gasteiger charge is -2.08. The number of nitro benzene ring substituents is 1. The summed E-state index contributed by atoms with van der Waals surface area (Å²) >= 11 is 0. The van der Waals surface area contributed by atoms with Crippen LogP contribution in [0.2, 0.25) is 0 Å². The van der Waals surface area contributed by atoms with Gasteiger partial charge in [-0.2, -0.15) is 0 Å². The number of non-ortho nitro benzene ring substituents is 1. The van der Waals surface area contributed by atoms with Crippen LogP contribution in [0.15, 0.2) is 60.7 Å². The number of nitrogens with one attached hydrogen (secondary N) is 1. The highest BCUT2D eigenvalue weighted by Gasteiger charge is 2.11. The van der Waals surface area contributed by atoms with Crippen LogP contribution in [0.1, 0.15) is 17.3 Å². The van der Waals surface area contributed by atoms with Crippen molar-refractivity contribution in [2.24, 2.45) is 0 Å². The summed E-state index contributed by atoms with van der Waals surface area (Å²) in [4.78, 5) is 22.3. The highest BCUT2D eigenvalue weighted by atomic mass is 16.6. The minimum Gasteiger partial charge on any atom is -0.489 e. The second-order valence-corrected chi connectivity index (χ2v) is 5.03. The van der Waals surface area contributed by atoms with E-state index in [-0.39, 0.29) is 11.3 Å². The zero-order valence-electron chi connectivity index (χ0n) is 12.6. The SMILES string of the molecule is C=C(C)COc1ccc(NC(=O)c2cccc([N+](=O)[O-])c2)cc1. The molecule has 2 aromatic rings. The molecular weight excluding hydrogens is 296 g/mol. The lowest BCUT2D eigenvalue weighted by molar-refractivity contribution is -0.384. The average molecular weight is 312 g/mol. The first-order chi connectivity index (χ1) is 11.0. The number of anilines is 1. The second kappa shape index (κ2) is 7.22. The summed E-state index contributed by atoms with van der Waals surface area (Å²) in [5.41, 5.74) is 1.58. The number of carbonyl (C=O) groups excluding carboxylic acids is 1. The molecule has 23 heavy (non-hydrogen) atoms. The number of ether oxygens (including phenoxy) is 1. The monoisotopic (exact) mass is 312 g/mol. The predicted octanol–water partition coefficient (Wildman–Crippen LogP) is 3.80. The van der Waals surface area contributed by atoms with E-state index in [0.29, 0.717) is 18.0 Å². The fourth-order valence-corrected chi connectivity index (χ4v) is 1.81. The van der Waals surface area contributed by atoms with Crippen molar-refractivity contribution in [1.82, 2.24) is 0 Å². The van der Waals surface area contributed by atoms with Crippen LogP contribution in [-0.4, -0.2) is 17.4 Å². The number of carbonyl (C=O) groups is 1. The van der Waals surface area contributed by atoms with Crippen LogP contribution in [0.25, 0.3) is 0 Å². The first-order valence-corrected chi connectivity index (χ1v) is 6.89. The van der Waals surface area contributed by atoms with Crippen LogP contribution in [0.5, 0.6) is 5.75 Å². The van der Waals surface area contributed by atoms with E-state index >= 15 is 0 Å². The highest BCUT2D eigenvalue weighted by molar-refractivity contribution is 6.04. The third-order valence-electron chi connectivity index (χ3n) is 2.92. The van der Waals surface area contributed by atoms with E-state index in [1.54, 1.807) is 24.3 Å². The normalized spacial score (nSPS) is 9.96. The fourth-order valence-electron chi connectivity index (χ4n) is 1.81. The molecule has 0 aliphatic carbocycles. The summed E-state index contributed by atoms with van der Waals surface area (Å²) in [6.45, 7) is 6.05. The molecule has 0 bridgehead atoms. The van der Waals surface area contributed by atoms with Crippen LogP contribution >= 0.6 is 0 Å². The molecule has 0 saturated carbocycles. The number of nitro groups is 1. The van der Waals surface area contributed by atoms with E-state index in [2.05, 4.69) is 11.9 Å². The number of rotatable bonds is 6. The molecule has 6 nitrogen and oxygen atoms in total. The Morgan fingerprint density at radius 2 is 1.96 bits per heavy atom. The number of hydrogen-bond donors (Lipinski definition) is 1. The summed E-state index contributed by atoms with van der Waals surface area (Å²) in [7, 11) is 0. The molecule has 0 spiro atoms. The van der Waals surface area contributed by atoms with Gasteiger partial charge >= 0.3 is 0 Å². The van der Waals surface area contributed by atoms with Crippen molar-refractivity contribution in [2.75, 3.05) is 11.9 Å². The Kier molecular flexibility index (Phi) is 5.09. The van der Waals surface area contributed by atoms with Gasteiger partial charge in [0, 0.05) is 23.4 Å². The molecule has 0 radical (unpaired) electrons. The van der Waals surface area contributed by atoms with Crippen molar-refractivity contribution in [3.8, 4) is 5.75 Å². The molecule has 2 aromatic carbocycles. The molecule has 0 aliphatic heterocycles. The summed E-state index contributed by atoms with van der Waals surface area (Å²) in [6.07, 6.45) is 0. The van der Waals surface area contributed by atoms with E-state index in [9.17, 15) is 14.9 Å². The van der Waals surface area contributed by atoms with E-state index < -0.39 is 10.8 Å². The molecule has 0 unspecified atom stereocenters. The third-order valence-corrected chi connectivity index (χ3v) is 2.92. The molecule has 1 N–H and O–H groups in total. The predicted molar refractivity (Wildman–Crippen MR) is 87.8 cm³/mol. The van der Waals surface area contributed by atoms with Gasteiger partial charge in [0.05, 0.1) is 4.92 Å². The molecule has 0 heterocycles. The minimum atomic E-state index is -0.537. The highest BCUT2D eigenvalue weighted by Crippen LogP contribution is 2.18. The molecule has 1 amide bonds. The molecule has 0 atom stereocenters. The zero-order chi connectivity index (χ0) is 16.8. The lowest BCUT2D eigenvalue weighted by Crippen LogP contribution is -2.12. The van der Waals surface area contributed by atoms with Crippen LogP contribution in [0.3, 0.4) is 0 Å². The molecule has 6 heteroatoms. The van der Waals surface area contributed by atoms with Crippen LogP contribution in [-0.2, 0) is 0 Å². The van der Waals surface area contributed by atoms with E-state index in [1.807, 2.05) is 6.92 Å². The largest absolute Gasteiger partial charge is 0.489 e. The molecule has 0 aliphatic rings. The van der Waals surface area contributed by atoms with Crippen molar-refractivity contribution in [3.05, 3.63) is 76.4 Å². The van der Waals surface area contributed by atoms with Crippen LogP contribution in [0, 0.1) is 10.1 Å². The first-order valence-electron chi connectivity index (χ1n) is 6.89. The standard InChI is InChI=1S/C17H16N2O4/c1-12(2)11-23-16-8-6-14(7-9-16)18-17(20)13-4-3-5-15(10-13)19(21)22/h3-10H,1,11H2,2H3,(H,18,20). The Morgan fingerprint density at radius 3 is 2.57 bits per heavy atom. The van der Waals surface area contributed by atoms with Gasteiger partial charge in [0.1, 0.15) is 12.4 Å². The number of hydrogen-bond acceptors (Lipinski definition) is 4. The third kappa shape index (κ3) is 4.67. The fraction of sp³-hybridized carbons (Fsp3) is 0.118. The van der Waals surface area contributed by atoms with E-state index in [1.165, 1.54) is 24.3 Å². The summed E-state index contributed by atoms with van der Waals surface area (Å²) in [6, 6.07) is 12.4. The van der Waals surface area contributed by atoms with Crippen molar-refractivity contribution >= 4 is 17.3 Å². The van der Waals surface area contributed by atoms with Crippen LogP contribution < -0.4 is 10.1 Å². The zero-order valence-corrected chi connectivity index (χ0v) is 12.6. The Hall–Kier alpha value is -3.15. The quantitative estimate of drug-likeness (QED) is 0.499. The van der Waals surface area contributed by atoms with E-state index in [4.69, 9.17) is 4.74 Å². The number of benzene rings is 2. The van der Waals surface area contributed by atoms with Crippen molar-refractivity contribution in [2.45, 2.75) is 6.92 Å². The van der Waals surface area contributed by atoms with Crippen molar-refractivity contribution in [3.63, 3.8) is 0 Å². The number of nitrogens with zero attached hydrogens (tertiary/aromatic N) is 1. The molecule has 118 valence electrons. The Bertz CT molecular complexity index is 739. The minimum absolute atomic E-state index is 0.124. The van der Waals surface area contributed by atoms with Crippen LogP contribution in [0.4, 0.5) is 11.4 Å². The maximum atomic E-state index is 12.1. The first kappa shape index (κ1) is 16.2. The molecule has 0 saturated heterocycles. The van der Waals surface area contributed by atoms with Gasteiger partial charge in [0.15, 0.2) is 0 Å². The maximum Gasteiger partial charge on any atom is 0.270 e. The second-order valence-electron chi connectivity index (χ2n) is 5.03. The number of amides is 1. The Labute approximate surface area is 133 Å². The maximum absolute atomic E-state index is 12.1. The molecular formula is C17H16N2O4. The van der Waals surface area contributed by atoms with Crippen molar-refractivity contribution < 1.29 is 14.5 Å². The molecule has 0 fully saturated rings. The summed E-state index contributed by atoms with van der Waals surface area (Å²) < 4.78 is 5.47. The van der Waals surface area contributed by atoms with Gasteiger partial charge in [0.2, 0.25) is 0 Å². The average Bonchev–Trinajstić information content (AvgIpc) is 2.54. The van der Waals surface area contributed by atoms with Gasteiger partial charge in [-0.05, 0) is 42.8 Å². The van der Waals surface area contributed by atoms with Gasteiger partial charge in [-0.3, -0.25) is 14.9 Å². The van der Waals surface area contributed by atoms with Gasteiger partial charge < -0.3 is 10.1 Å². The van der Waals surface area contributed by atoms with E-state index in [0.717, 1.165) is 5.57 Å². The Balaban J connectivity index is 2.04. The van der Waals surface area contributed by atoms with Gasteiger partial charge in [0.25, 0.3) is 11.6 Å². The summed E-state index contributed by atoms with van der Waals surface area (Å²) in [5, 5.41) is 13.4. The molecule has 0 aromatic heterocycles. The Morgan fingerprint density at radius 1 is 1.26 bits per heavy atom. The topological polar surface area (TPSA) is 81.5 Å². The lowest BCUT2D eigenvalue weighted by atomic mass is 10.2. The van der Waals surface area contributed by atoms with Gasteiger partial charge in [-0.1, -0.05) is 12.6 Å². The van der Waals surface area contributed by atoms with Gasteiger partial charge in [-0.25, -0.2) is 0 Å². The van der Waals surface area contributed by atoms with Gasteiger partial charge in [-0.15, -0.1) is 0 Å². The van der Waals surface area contributed by atoms with Crippen molar-refractivity contribution in [1.29, 1.82) is 0 Å².